The molecule has 0 heterocycles. The van der Waals surface area contributed by atoms with Gasteiger partial charge in [0.25, 0.3) is 0 Å². The molecule has 0 atom stereocenters. The van der Waals surface area contributed by atoms with Gasteiger partial charge in [-0.05, 0) is 24.3 Å². The van der Waals surface area contributed by atoms with Crippen LogP contribution in [0.1, 0.15) is 0 Å². The van der Waals surface area contributed by atoms with Crippen molar-refractivity contribution in [3.05, 3.63) is 54.6 Å². The van der Waals surface area contributed by atoms with Gasteiger partial charge in [0.1, 0.15) is 11.5 Å². The van der Waals surface area contributed by atoms with E-state index in [1.54, 1.807) is 18.2 Å². The predicted octanol–water partition coefficient (Wildman–Crippen LogP) is 3.39. The fourth-order valence-electron chi connectivity index (χ4n) is 1.18. The lowest BCUT2D eigenvalue weighted by Crippen LogP contribution is -1.82. The molecule has 1 radical (unpaired) electrons. The average Bonchev–Trinajstić information content (AvgIpc) is 2.19. The first-order valence-corrected chi connectivity index (χ1v) is 4.39. The van der Waals surface area contributed by atoms with Gasteiger partial charge in [0, 0.05) is 6.07 Å². The number of hydrogen-bond acceptors (Lipinski definition) is 1. The smallest absolute Gasteiger partial charge is 0.129 e. The van der Waals surface area contributed by atoms with Crippen molar-refractivity contribution in [2.24, 2.45) is 0 Å². The van der Waals surface area contributed by atoms with E-state index < -0.39 is 0 Å². The zero-order valence-corrected chi connectivity index (χ0v) is 7.60. The Balaban J connectivity index is 2.19. The van der Waals surface area contributed by atoms with Crippen LogP contribution in [0.15, 0.2) is 54.6 Å². The van der Waals surface area contributed by atoms with Crippen molar-refractivity contribution < 1.29 is 4.74 Å². The number of rotatable bonds is 2. The lowest BCUT2D eigenvalue weighted by atomic mass is 10.3. The molecule has 2 rings (SSSR count). The quantitative estimate of drug-likeness (QED) is 0.704. The molecule has 2 aromatic carbocycles. The molecular weight excluding hydrogens is 174 g/mol. The van der Waals surface area contributed by atoms with E-state index >= 15 is 0 Å². The molecule has 0 saturated carbocycles. The Bertz CT molecular complexity index is 412. The fourth-order valence-corrected chi connectivity index (χ4v) is 1.18. The number of benzene rings is 2. The number of ether oxygens (including phenoxy) is 1. The van der Waals surface area contributed by atoms with Crippen LogP contribution in [0.25, 0.3) is 0 Å². The summed E-state index contributed by atoms with van der Waals surface area (Å²) in [7, 11) is 0. The molecule has 0 spiro atoms. The average molecular weight is 184 g/mol. The van der Waals surface area contributed by atoms with Crippen molar-refractivity contribution in [3.63, 3.8) is 0 Å². The first-order valence-electron chi connectivity index (χ1n) is 4.39. The van der Waals surface area contributed by atoms with Crippen LogP contribution in [-0.2, 0) is 0 Å². The van der Waals surface area contributed by atoms with Gasteiger partial charge in [-0.3, -0.25) is 0 Å². The van der Waals surface area contributed by atoms with Crippen molar-refractivity contribution in [3.8, 4) is 11.5 Å². The zero-order valence-electron chi connectivity index (χ0n) is 7.60. The summed E-state index contributed by atoms with van der Waals surface area (Å²) in [5, 5.41) is 0. The highest BCUT2D eigenvalue weighted by atomic mass is 16.5. The summed E-state index contributed by atoms with van der Waals surface area (Å²) in [5.41, 5.74) is 7.88. The molecule has 1 N–H and O–H groups in total. The van der Waals surface area contributed by atoms with Crippen LogP contribution in [0.2, 0.25) is 0 Å². The Hall–Kier alpha value is -1.96. The van der Waals surface area contributed by atoms with Crippen LogP contribution >= 0.6 is 0 Å². The lowest BCUT2D eigenvalue weighted by molar-refractivity contribution is 0.483. The van der Waals surface area contributed by atoms with E-state index in [1.807, 2.05) is 36.4 Å². The number of para-hydroxylation sites is 1. The van der Waals surface area contributed by atoms with Gasteiger partial charge >= 0.3 is 0 Å². The van der Waals surface area contributed by atoms with Gasteiger partial charge in [-0.2, -0.15) is 0 Å². The molecule has 0 aliphatic heterocycles. The minimum absolute atomic E-state index is 0.457. The molecule has 0 aliphatic rings. The summed E-state index contributed by atoms with van der Waals surface area (Å²) in [6, 6.07) is 16.6. The van der Waals surface area contributed by atoms with Gasteiger partial charge in [0.15, 0.2) is 0 Å². The standard InChI is InChI=1S/C12H10NO/c13-10-5-4-8-12(9-10)14-11-6-2-1-3-7-11/h1-9,13H. The van der Waals surface area contributed by atoms with Gasteiger partial charge in [-0.15, -0.1) is 0 Å². The van der Waals surface area contributed by atoms with E-state index in [-0.39, 0.29) is 0 Å². The van der Waals surface area contributed by atoms with E-state index in [0.717, 1.165) is 5.75 Å². The van der Waals surface area contributed by atoms with Crippen LogP contribution < -0.4 is 10.5 Å². The largest absolute Gasteiger partial charge is 0.457 e. The van der Waals surface area contributed by atoms with Crippen molar-refractivity contribution >= 4 is 5.69 Å². The Morgan fingerprint density at radius 2 is 1.50 bits per heavy atom. The summed E-state index contributed by atoms with van der Waals surface area (Å²) in [6.45, 7) is 0. The first kappa shape index (κ1) is 8.63. The van der Waals surface area contributed by atoms with Gasteiger partial charge in [0.2, 0.25) is 0 Å². The SMILES string of the molecule is [NH]c1cccc(Oc2ccccc2)c1. The van der Waals surface area contributed by atoms with Crippen molar-refractivity contribution in [2.45, 2.75) is 0 Å². The summed E-state index contributed by atoms with van der Waals surface area (Å²) < 4.78 is 5.54. The monoisotopic (exact) mass is 184 g/mol. The summed E-state index contributed by atoms with van der Waals surface area (Å²) in [4.78, 5) is 0. The molecule has 2 nitrogen and oxygen atoms in total. The Morgan fingerprint density at radius 3 is 2.21 bits per heavy atom. The Morgan fingerprint density at radius 1 is 0.786 bits per heavy atom. The van der Waals surface area contributed by atoms with Gasteiger partial charge in [-0.25, -0.2) is 0 Å². The van der Waals surface area contributed by atoms with E-state index in [2.05, 4.69) is 0 Å². The second-order valence-electron chi connectivity index (χ2n) is 2.94. The van der Waals surface area contributed by atoms with Gasteiger partial charge < -0.3 is 10.5 Å². The number of nitrogens with one attached hydrogen (secondary N) is 1. The molecule has 0 saturated heterocycles. The molecule has 0 fully saturated rings. The highest BCUT2D eigenvalue weighted by Gasteiger charge is 1.95. The third-order valence-corrected chi connectivity index (χ3v) is 1.81. The van der Waals surface area contributed by atoms with Crippen molar-refractivity contribution in [1.29, 1.82) is 0 Å². The van der Waals surface area contributed by atoms with Crippen LogP contribution in [0.3, 0.4) is 0 Å². The van der Waals surface area contributed by atoms with Crippen LogP contribution in [0, 0.1) is 0 Å². The Kier molecular flexibility index (Phi) is 2.36. The molecule has 14 heavy (non-hydrogen) atoms. The molecule has 69 valence electrons. The molecule has 0 unspecified atom stereocenters. The van der Waals surface area contributed by atoms with E-state index in [1.165, 1.54) is 0 Å². The maximum Gasteiger partial charge on any atom is 0.129 e. The first-order chi connectivity index (χ1) is 6.84. The highest BCUT2D eigenvalue weighted by Crippen LogP contribution is 2.22. The van der Waals surface area contributed by atoms with Crippen LogP contribution in [0.5, 0.6) is 11.5 Å². The van der Waals surface area contributed by atoms with Gasteiger partial charge in [0.05, 0.1) is 5.69 Å². The Labute approximate surface area is 82.9 Å². The van der Waals surface area contributed by atoms with E-state index in [0.29, 0.717) is 11.4 Å². The molecule has 0 aliphatic carbocycles. The molecule has 0 bridgehead atoms. The van der Waals surface area contributed by atoms with Gasteiger partial charge in [-0.1, -0.05) is 24.3 Å². The minimum atomic E-state index is 0.457. The van der Waals surface area contributed by atoms with E-state index in [4.69, 9.17) is 10.5 Å². The van der Waals surface area contributed by atoms with Crippen LogP contribution in [0.4, 0.5) is 5.69 Å². The second kappa shape index (κ2) is 3.83. The second-order valence-corrected chi connectivity index (χ2v) is 2.94. The van der Waals surface area contributed by atoms with Crippen LogP contribution in [-0.4, -0.2) is 0 Å². The normalized spacial score (nSPS) is 9.71. The maximum atomic E-state index is 7.42. The molecule has 0 aromatic heterocycles. The molecule has 2 aromatic rings. The fraction of sp³-hybridized carbons (Fsp3) is 0. The maximum absolute atomic E-state index is 7.42. The molecule has 0 amide bonds. The summed E-state index contributed by atoms with van der Waals surface area (Å²) in [5.74, 6) is 1.49. The minimum Gasteiger partial charge on any atom is -0.457 e. The topological polar surface area (TPSA) is 33.0 Å². The van der Waals surface area contributed by atoms with Crippen molar-refractivity contribution in [2.75, 3.05) is 0 Å². The molecular formula is C12H10NO. The van der Waals surface area contributed by atoms with E-state index in [9.17, 15) is 0 Å². The van der Waals surface area contributed by atoms with Crippen molar-refractivity contribution in [1.82, 2.24) is 5.73 Å². The number of hydrogen-bond donors (Lipinski definition) is 0. The lowest BCUT2D eigenvalue weighted by Gasteiger charge is -2.04. The zero-order chi connectivity index (χ0) is 9.80. The third-order valence-electron chi connectivity index (χ3n) is 1.81. The highest BCUT2D eigenvalue weighted by molar-refractivity contribution is 5.42. The predicted molar refractivity (Wildman–Crippen MR) is 55.7 cm³/mol. The summed E-state index contributed by atoms with van der Waals surface area (Å²) >= 11 is 0. The molecule has 2 heteroatoms. The third kappa shape index (κ3) is 2.04. The summed E-state index contributed by atoms with van der Waals surface area (Å²) in [6.07, 6.45) is 0.